The van der Waals surface area contributed by atoms with Gasteiger partial charge in [-0.25, -0.2) is 4.98 Å². The topological polar surface area (TPSA) is 59.2 Å². The van der Waals surface area contributed by atoms with E-state index in [1.165, 1.54) is 5.56 Å². The van der Waals surface area contributed by atoms with Crippen molar-refractivity contribution in [2.75, 3.05) is 19.6 Å². The third kappa shape index (κ3) is 5.02. The van der Waals surface area contributed by atoms with E-state index in [9.17, 15) is 4.79 Å². The Morgan fingerprint density at radius 3 is 2.37 bits per heavy atom. The molecule has 0 saturated carbocycles. The quantitative estimate of drug-likeness (QED) is 0.639. The lowest BCUT2D eigenvalue weighted by molar-refractivity contribution is 0.0754. The summed E-state index contributed by atoms with van der Waals surface area (Å²) in [5.74, 6) is -0.0308. The lowest BCUT2D eigenvalue weighted by atomic mass is 10.1. The first-order chi connectivity index (χ1) is 13.2. The highest BCUT2D eigenvalue weighted by molar-refractivity contribution is 7.15. The number of aromatic nitrogens is 1. The van der Waals surface area contributed by atoms with Crippen LogP contribution in [0.1, 0.15) is 27.5 Å². The molecule has 0 aliphatic heterocycles. The molecule has 140 valence electrons. The summed E-state index contributed by atoms with van der Waals surface area (Å²) in [6.07, 6.45) is 1.84. The highest BCUT2D eigenvalue weighted by atomic mass is 32.1. The summed E-state index contributed by atoms with van der Waals surface area (Å²) < 4.78 is 0. The SMILES string of the molecule is Cc1nc(C(=O)N(CCN)CCCc2ccccc2)c(-c2ccccc2)s1. The molecule has 0 spiro atoms. The third-order valence-corrected chi connectivity index (χ3v) is 5.42. The number of aryl methyl sites for hydroxylation is 2. The van der Waals surface area contributed by atoms with Crippen molar-refractivity contribution in [3.8, 4) is 10.4 Å². The molecule has 2 aromatic carbocycles. The van der Waals surface area contributed by atoms with Crippen molar-refractivity contribution in [1.29, 1.82) is 0 Å². The molecule has 1 aromatic heterocycles. The molecule has 0 aliphatic carbocycles. The van der Waals surface area contributed by atoms with Gasteiger partial charge in [-0.3, -0.25) is 4.79 Å². The van der Waals surface area contributed by atoms with Crippen molar-refractivity contribution >= 4 is 17.2 Å². The van der Waals surface area contributed by atoms with Crippen molar-refractivity contribution < 1.29 is 4.79 Å². The molecule has 1 heterocycles. The monoisotopic (exact) mass is 379 g/mol. The van der Waals surface area contributed by atoms with Crippen LogP contribution in [-0.4, -0.2) is 35.4 Å². The average Bonchev–Trinajstić information content (AvgIpc) is 3.10. The van der Waals surface area contributed by atoms with E-state index >= 15 is 0 Å². The summed E-state index contributed by atoms with van der Waals surface area (Å²) in [7, 11) is 0. The summed E-state index contributed by atoms with van der Waals surface area (Å²) in [5, 5.41) is 0.897. The second-order valence-electron chi connectivity index (χ2n) is 6.45. The number of carbonyl (C=O) groups excluding carboxylic acids is 1. The number of thiazole rings is 1. The van der Waals surface area contributed by atoms with E-state index in [1.807, 2.05) is 60.4 Å². The minimum Gasteiger partial charge on any atom is -0.336 e. The molecule has 3 rings (SSSR count). The van der Waals surface area contributed by atoms with Crippen LogP contribution < -0.4 is 5.73 Å². The van der Waals surface area contributed by atoms with Crippen molar-refractivity contribution in [1.82, 2.24) is 9.88 Å². The maximum atomic E-state index is 13.2. The average molecular weight is 380 g/mol. The fraction of sp³-hybridized carbons (Fsp3) is 0.273. The standard InChI is InChI=1S/C22H25N3OS/c1-17-24-20(21(27-17)19-12-6-3-7-13-19)22(26)25(16-14-23)15-8-11-18-9-4-2-5-10-18/h2-7,9-10,12-13H,8,11,14-16,23H2,1H3. The van der Waals surface area contributed by atoms with Crippen molar-refractivity contribution in [3.63, 3.8) is 0 Å². The van der Waals surface area contributed by atoms with Gasteiger partial charge < -0.3 is 10.6 Å². The molecule has 0 unspecified atom stereocenters. The number of benzene rings is 2. The van der Waals surface area contributed by atoms with Gasteiger partial charge in [0, 0.05) is 19.6 Å². The van der Waals surface area contributed by atoms with Crippen LogP contribution in [0.2, 0.25) is 0 Å². The minimum atomic E-state index is -0.0308. The predicted molar refractivity (Wildman–Crippen MR) is 112 cm³/mol. The van der Waals surface area contributed by atoms with Gasteiger partial charge in [0.15, 0.2) is 0 Å². The Morgan fingerprint density at radius 2 is 1.70 bits per heavy atom. The minimum absolute atomic E-state index is 0.0308. The Labute approximate surface area is 164 Å². The first kappa shape index (κ1) is 19.3. The summed E-state index contributed by atoms with van der Waals surface area (Å²) >= 11 is 1.56. The van der Waals surface area contributed by atoms with Crippen LogP contribution in [0.15, 0.2) is 60.7 Å². The van der Waals surface area contributed by atoms with Crippen molar-refractivity contribution in [2.24, 2.45) is 5.73 Å². The fourth-order valence-corrected chi connectivity index (χ4v) is 4.01. The van der Waals surface area contributed by atoms with Gasteiger partial charge >= 0.3 is 0 Å². The lowest BCUT2D eigenvalue weighted by Gasteiger charge is -2.21. The number of hydrogen-bond donors (Lipinski definition) is 1. The second kappa shape index (κ2) is 9.44. The van der Waals surface area contributed by atoms with Crippen LogP contribution >= 0.6 is 11.3 Å². The van der Waals surface area contributed by atoms with Gasteiger partial charge in [0.05, 0.1) is 9.88 Å². The number of carbonyl (C=O) groups is 1. The molecule has 0 bridgehead atoms. The lowest BCUT2D eigenvalue weighted by Crippen LogP contribution is -2.36. The molecule has 1 amide bonds. The van der Waals surface area contributed by atoms with Gasteiger partial charge in [-0.2, -0.15) is 0 Å². The molecule has 0 atom stereocenters. The van der Waals surface area contributed by atoms with Crippen molar-refractivity contribution in [3.05, 3.63) is 76.9 Å². The summed E-state index contributed by atoms with van der Waals surface area (Å²) in [6, 6.07) is 20.3. The largest absolute Gasteiger partial charge is 0.336 e. The molecule has 0 fully saturated rings. The molecule has 5 heteroatoms. The van der Waals surface area contributed by atoms with Crippen LogP contribution in [0.25, 0.3) is 10.4 Å². The third-order valence-electron chi connectivity index (χ3n) is 4.40. The summed E-state index contributed by atoms with van der Waals surface area (Å²) in [5.41, 5.74) is 8.62. The highest BCUT2D eigenvalue weighted by Gasteiger charge is 2.23. The predicted octanol–water partition coefficient (Wildman–Crippen LogP) is 4.15. The normalized spacial score (nSPS) is 10.7. The molecular weight excluding hydrogens is 354 g/mol. The second-order valence-corrected chi connectivity index (χ2v) is 7.65. The summed E-state index contributed by atoms with van der Waals surface area (Å²) in [6.45, 7) is 3.60. The maximum absolute atomic E-state index is 13.2. The molecule has 2 N–H and O–H groups in total. The van der Waals surface area contributed by atoms with Crippen LogP contribution in [0, 0.1) is 6.92 Å². The van der Waals surface area contributed by atoms with Gasteiger partial charge in [-0.15, -0.1) is 11.3 Å². The fourth-order valence-electron chi connectivity index (χ4n) is 3.10. The number of amides is 1. The van der Waals surface area contributed by atoms with Crippen LogP contribution in [0.4, 0.5) is 0 Å². The number of hydrogen-bond acceptors (Lipinski definition) is 4. The van der Waals surface area contributed by atoms with E-state index in [0.717, 1.165) is 28.3 Å². The molecule has 27 heavy (non-hydrogen) atoms. The Bertz CT molecular complexity index is 862. The van der Waals surface area contributed by atoms with Crippen LogP contribution in [-0.2, 0) is 6.42 Å². The number of rotatable bonds is 8. The number of nitrogens with zero attached hydrogens (tertiary/aromatic N) is 2. The van der Waals surface area contributed by atoms with E-state index < -0.39 is 0 Å². The Kier molecular flexibility index (Phi) is 6.74. The Hall–Kier alpha value is -2.50. The van der Waals surface area contributed by atoms with Gasteiger partial charge in [0.1, 0.15) is 5.69 Å². The molecule has 4 nitrogen and oxygen atoms in total. The van der Waals surface area contributed by atoms with Crippen LogP contribution in [0.5, 0.6) is 0 Å². The highest BCUT2D eigenvalue weighted by Crippen LogP contribution is 2.30. The Morgan fingerprint density at radius 1 is 1.04 bits per heavy atom. The van der Waals surface area contributed by atoms with Gasteiger partial charge in [0.2, 0.25) is 0 Å². The van der Waals surface area contributed by atoms with Gasteiger partial charge in [0.25, 0.3) is 5.91 Å². The zero-order valence-electron chi connectivity index (χ0n) is 15.6. The maximum Gasteiger partial charge on any atom is 0.274 e. The first-order valence-corrected chi connectivity index (χ1v) is 10.1. The molecule has 0 saturated heterocycles. The molecular formula is C22H25N3OS. The van der Waals surface area contributed by atoms with E-state index in [-0.39, 0.29) is 5.91 Å². The summed E-state index contributed by atoms with van der Waals surface area (Å²) in [4.78, 5) is 20.5. The zero-order valence-corrected chi connectivity index (χ0v) is 16.4. The first-order valence-electron chi connectivity index (χ1n) is 9.25. The zero-order chi connectivity index (χ0) is 19.1. The van der Waals surface area contributed by atoms with Crippen molar-refractivity contribution in [2.45, 2.75) is 19.8 Å². The number of nitrogens with two attached hydrogens (primary N) is 1. The van der Waals surface area contributed by atoms with E-state index in [1.54, 1.807) is 11.3 Å². The van der Waals surface area contributed by atoms with Crippen LogP contribution in [0.3, 0.4) is 0 Å². The molecule has 3 aromatic rings. The van der Waals surface area contributed by atoms with E-state index in [4.69, 9.17) is 5.73 Å². The Balaban J connectivity index is 1.75. The molecule has 0 radical (unpaired) electrons. The van der Waals surface area contributed by atoms with Gasteiger partial charge in [-0.05, 0) is 30.9 Å². The molecule has 0 aliphatic rings. The van der Waals surface area contributed by atoms with E-state index in [2.05, 4.69) is 17.1 Å². The van der Waals surface area contributed by atoms with E-state index in [0.29, 0.717) is 25.3 Å². The smallest absolute Gasteiger partial charge is 0.274 e. The van der Waals surface area contributed by atoms with Gasteiger partial charge in [-0.1, -0.05) is 60.7 Å².